The summed E-state index contributed by atoms with van der Waals surface area (Å²) in [5.74, 6) is 0.674. The zero-order valence-corrected chi connectivity index (χ0v) is 13.0. The predicted octanol–water partition coefficient (Wildman–Crippen LogP) is 4.15. The molecular formula is C18H22FNO. The van der Waals surface area contributed by atoms with E-state index in [9.17, 15) is 4.39 Å². The lowest BCUT2D eigenvalue weighted by molar-refractivity contribution is 0.411. The lowest BCUT2D eigenvalue weighted by Gasteiger charge is -2.21. The summed E-state index contributed by atoms with van der Waals surface area (Å²) in [6.07, 6.45) is 0. The molecule has 0 heterocycles. The Morgan fingerprint density at radius 3 is 2.48 bits per heavy atom. The first kappa shape index (κ1) is 15.5. The molecule has 2 rings (SSSR count). The zero-order chi connectivity index (χ0) is 15.4. The number of hydrogen-bond acceptors (Lipinski definition) is 2. The summed E-state index contributed by atoms with van der Waals surface area (Å²) in [4.78, 5) is 0. The summed E-state index contributed by atoms with van der Waals surface area (Å²) in [6, 6.07) is 11.2. The minimum Gasteiger partial charge on any atom is -0.496 e. The van der Waals surface area contributed by atoms with Crippen LogP contribution in [0.25, 0.3) is 0 Å². The van der Waals surface area contributed by atoms with Crippen LogP contribution in [0.1, 0.15) is 35.2 Å². The van der Waals surface area contributed by atoms with Crippen molar-refractivity contribution in [3.05, 3.63) is 64.5 Å². The molecule has 0 fully saturated rings. The largest absolute Gasteiger partial charge is 0.496 e. The van der Waals surface area contributed by atoms with Crippen molar-refractivity contribution in [1.29, 1.82) is 0 Å². The van der Waals surface area contributed by atoms with Gasteiger partial charge in [0.05, 0.1) is 13.2 Å². The Morgan fingerprint density at radius 2 is 1.90 bits per heavy atom. The number of ether oxygens (including phenoxy) is 1. The highest BCUT2D eigenvalue weighted by Gasteiger charge is 2.17. The van der Waals surface area contributed by atoms with Gasteiger partial charge in [-0.2, -0.15) is 0 Å². The van der Waals surface area contributed by atoms with Crippen molar-refractivity contribution < 1.29 is 9.13 Å². The molecule has 0 aliphatic heterocycles. The average Bonchev–Trinajstić information content (AvgIpc) is 2.45. The molecule has 0 amide bonds. The van der Waals surface area contributed by atoms with Crippen LogP contribution in [0.3, 0.4) is 0 Å². The van der Waals surface area contributed by atoms with Gasteiger partial charge in [-0.1, -0.05) is 31.2 Å². The Balaban J connectivity index is 2.45. The molecule has 3 heteroatoms. The number of hydrogen-bond donors (Lipinski definition) is 1. The van der Waals surface area contributed by atoms with Crippen molar-refractivity contribution in [2.45, 2.75) is 26.8 Å². The van der Waals surface area contributed by atoms with E-state index in [1.54, 1.807) is 13.2 Å². The lowest BCUT2D eigenvalue weighted by Crippen LogP contribution is -2.23. The van der Waals surface area contributed by atoms with Gasteiger partial charge in [0, 0.05) is 5.56 Å². The van der Waals surface area contributed by atoms with Crippen LogP contribution in [0.5, 0.6) is 5.75 Å². The molecule has 0 bridgehead atoms. The van der Waals surface area contributed by atoms with Gasteiger partial charge in [0.1, 0.15) is 11.6 Å². The molecule has 0 aliphatic carbocycles. The maximum Gasteiger partial charge on any atom is 0.128 e. The summed E-state index contributed by atoms with van der Waals surface area (Å²) < 4.78 is 19.6. The Kier molecular flexibility index (Phi) is 4.97. The molecule has 0 aliphatic rings. The molecule has 1 unspecified atom stereocenters. The van der Waals surface area contributed by atoms with E-state index in [0.29, 0.717) is 5.56 Å². The summed E-state index contributed by atoms with van der Waals surface area (Å²) in [5, 5.41) is 3.36. The molecule has 0 spiro atoms. The van der Waals surface area contributed by atoms with Gasteiger partial charge in [0.15, 0.2) is 0 Å². The number of benzene rings is 2. The summed E-state index contributed by atoms with van der Waals surface area (Å²) >= 11 is 0. The Bertz CT molecular complexity index is 625. The molecule has 2 nitrogen and oxygen atoms in total. The van der Waals surface area contributed by atoms with E-state index >= 15 is 0 Å². The molecule has 0 aromatic heterocycles. The molecule has 2 aromatic carbocycles. The molecule has 0 saturated carbocycles. The summed E-state index contributed by atoms with van der Waals surface area (Å²) in [5.41, 5.74) is 3.69. The van der Waals surface area contributed by atoms with Crippen molar-refractivity contribution in [1.82, 2.24) is 5.32 Å². The van der Waals surface area contributed by atoms with Gasteiger partial charge in [-0.3, -0.25) is 0 Å². The molecule has 21 heavy (non-hydrogen) atoms. The fourth-order valence-corrected chi connectivity index (χ4v) is 2.56. The zero-order valence-electron chi connectivity index (χ0n) is 13.0. The van der Waals surface area contributed by atoms with Gasteiger partial charge in [0.2, 0.25) is 0 Å². The molecule has 1 atom stereocenters. The Morgan fingerprint density at radius 1 is 1.14 bits per heavy atom. The van der Waals surface area contributed by atoms with Crippen LogP contribution in [0.4, 0.5) is 4.39 Å². The van der Waals surface area contributed by atoms with Crippen LogP contribution in [-0.4, -0.2) is 13.7 Å². The predicted molar refractivity (Wildman–Crippen MR) is 84.4 cm³/mol. The SMILES string of the molecule is CCNC(c1ccc(OC)c(C)c1)c1ccc(C)cc1F. The number of halogens is 1. The molecular weight excluding hydrogens is 265 g/mol. The van der Waals surface area contributed by atoms with Crippen LogP contribution >= 0.6 is 0 Å². The number of aryl methyl sites for hydroxylation is 2. The van der Waals surface area contributed by atoms with E-state index in [4.69, 9.17) is 4.74 Å². The van der Waals surface area contributed by atoms with Crippen LogP contribution < -0.4 is 10.1 Å². The third-order valence-corrected chi connectivity index (χ3v) is 3.63. The van der Waals surface area contributed by atoms with Gasteiger partial charge in [-0.05, 0) is 49.2 Å². The second-order valence-corrected chi connectivity index (χ2v) is 5.24. The highest BCUT2D eigenvalue weighted by Crippen LogP contribution is 2.28. The summed E-state index contributed by atoms with van der Waals surface area (Å²) in [6.45, 7) is 6.68. The van der Waals surface area contributed by atoms with Crippen LogP contribution in [0.15, 0.2) is 36.4 Å². The van der Waals surface area contributed by atoms with Crippen LogP contribution in [0.2, 0.25) is 0 Å². The minimum atomic E-state index is -0.172. The third-order valence-electron chi connectivity index (χ3n) is 3.63. The monoisotopic (exact) mass is 287 g/mol. The Labute approximate surface area is 126 Å². The summed E-state index contributed by atoms with van der Waals surface area (Å²) in [7, 11) is 1.66. The first-order valence-electron chi connectivity index (χ1n) is 7.20. The maximum absolute atomic E-state index is 14.3. The number of rotatable bonds is 5. The lowest BCUT2D eigenvalue weighted by atomic mass is 9.95. The van der Waals surface area contributed by atoms with Gasteiger partial charge < -0.3 is 10.1 Å². The molecule has 1 N–H and O–H groups in total. The highest BCUT2D eigenvalue weighted by atomic mass is 19.1. The van der Waals surface area contributed by atoms with Crippen molar-refractivity contribution in [2.75, 3.05) is 13.7 Å². The second-order valence-electron chi connectivity index (χ2n) is 5.24. The van der Waals surface area contributed by atoms with Crippen molar-refractivity contribution in [2.24, 2.45) is 0 Å². The quantitative estimate of drug-likeness (QED) is 0.892. The molecule has 0 saturated heterocycles. The van der Waals surface area contributed by atoms with E-state index in [0.717, 1.165) is 29.0 Å². The maximum atomic E-state index is 14.3. The molecule has 0 radical (unpaired) electrons. The van der Waals surface area contributed by atoms with E-state index in [2.05, 4.69) is 5.32 Å². The number of methoxy groups -OCH3 is 1. The van der Waals surface area contributed by atoms with Gasteiger partial charge in [0.25, 0.3) is 0 Å². The number of nitrogens with one attached hydrogen (secondary N) is 1. The second kappa shape index (κ2) is 6.72. The Hall–Kier alpha value is -1.87. The standard InChI is InChI=1S/C18H22FNO/c1-5-20-18(15-8-6-12(2)10-16(15)19)14-7-9-17(21-4)13(3)11-14/h6-11,18,20H,5H2,1-4H3. The van der Waals surface area contributed by atoms with E-state index < -0.39 is 0 Å². The van der Waals surface area contributed by atoms with E-state index in [1.165, 1.54) is 0 Å². The van der Waals surface area contributed by atoms with E-state index in [-0.39, 0.29) is 11.9 Å². The highest BCUT2D eigenvalue weighted by molar-refractivity contribution is 5.41. The average molecular weight is 287 g/mol. The van der Waals surface area contributed by atoms with Crippen molar-refractivity contribution in [3.8, 4) is 5.75 Å². The van der Waals surface area contributed by atoms with Crippen molar-refractivity contribution >= 4 is 0 Å². The van der Waals surface area contributed by atoms with Crippen LogP contribution in [-0.2, 0) is 0 Å². The van der Waals surface area contributed by atoms with Gasteiger partial charge in [-0.15, -0.1) is 0 Å². The normalized spacial score (nSPS) is 12.2. The fourth-order valence-electron chi connectivity index (χ4n) is 2.56. The van der Waals surface area contributed by atoms with Gasteiger partial charge in [-0.25, -0.2) is 4.39 Å². The van der Waals surface area contributed by atoms with Crippen molar-refractivity contribution in [3.63, 3.8) is 0 Å². The minimum absolute atomic E-state index is 0.153. The van der Waals surface area contributed by atoms with Crippen LogP contribution in [0, 0.1) is 19.7 Å². The first-order valence-corrected chi connectivity index (χ1v) is 7.20. The third kappa shape index (κ3) is 3.42. The van der Waals surface area contributed by atoms with Gasteiger partial charge >= 0.3 is 0 Å². The first-order chi connectivity index (χ1) is 10.1. The fraction of sp³-hybridized carbons (Fsp3) is 0.333. The molecule has 2 aromatic rings. The topological polar surface area (TPSA) is 21.3 Å². The smallest absolute Gasteiger partial charge is 0.128 e. The molecule has 112 valence electrons. The van der Waals surface area contributed by atoms with E-state index in [1.807, 2.05) is 51.1 Å².